The third kappa shape index (κ3) is 2.84. The summed E-state index contributed by atoms with van der Waals surface area (Å²) >= 11 is 6.57. The Hall–Kier alpha value is -2.31. The minimum Gasteiger partial charge on any atom is -0.497 e. The molecule has 2 aromatic heterocycles. The van der Waals surface area contributed by atoms with Crippen molar-refractivity contribution in [1.82, 2.24) is 14.6 Å². The molecular formula is C20H23ClN4O2. The number of ether oxygens (including phenoxy) is 2. The van der Waals surface area contributed by atoms with E-state index in [1.165, 1.54) is 0 Å². The largest absolute Gasteiger partial charge is 0.497 e. The van der Waals surface area contributed by atoms with Crippen LogP contribution in [0.3, 0.4) is 0 Å². The van der Waals surface area contributed by atoms with Crippen molar-refractivity contribution in [2.75, 3.05) is 25.1 Å². The molecule has 0 radical (unpaired) electrons. The first-order valence-electron chi connectivity index (χ1n) is 9.16. The molecule has 27 heavy (non-hydrogen) atoms. The summed E-state index contributed by atoms with van der Waals surface area (Å²) in [5.74, 6) is 1.79. The maximum atomic E-state index is 6.57. The summed E-state index contributed by atoms with van der Waals surface area (Å²) in [6.07, 6.45) is 0. The van der Waals surface area contributed by atoms with Crippen LogP contribution in [0.2, 0.25) is 5.02 Å². The average Bonchev–Trinajstić information content (AvgIpc) is 3.26. The van der Waals surface area contributed by atoms with Crippen molar-refractivity contribution < 1.29 is 9.47 Å². The van der Waals surface area contributed by atoms with Crippen molar-refractivity contribution in [1.29, 1.82) is 0 Å². The topological polar surface area (TPSA) is 51.9 Å². The molecule has 3 aromatic rings. The Morgan fingerprint density at radius 1 is 1.26 bits per heavy atom. The second-order valence-corrected chi connectivity index (χ2v) is 6.97. The van der Waals surface area contributed by atoms with Crippen LogP contribution in [0.4, 0.5) is 5.82 Å². The van der Waals surface area contributed by atoms with Gasteiger partial charge in [0.25, 0.3) is 0 Å². The molecule has 0 aliphatic carbocycles. The molecule has 0 fully saturated rings. The van der Waals surface area contributed by atoms with Gasteiger partial charge in [-0.1, -0.05) is 11.6 Å². The quantitative estimate of drug-likeness (QED) is 0.656. The van der Waals surface area contributed by atoms with E-state index in [0.29, 0.717) is 18.2 Å². The van der Waals surface area contributed by atoms with E-state index in [-0.39, 0.29) is 0 Å². The van der Waals surface area contributed by atoms with Crippen molar-refractivity contribution in [3.05, 3.63) is 40.2 Å². The van der Waals surface area contributed by atoms with E-state index in [1.807, 2.05) is 29.6 Å². The zero-order valence-electron chi connectivity index (χ0n) is 16.0. The molecule has 0 bridgehead atoms. The second-order valence-electron chi connectivity index (χ2n) is 6.57. The molecular weight excluding hydrogens is 364 g/mol. The van der Waals surface area contributed by atoms with E-state index in [9.17, 15) is 0 Å². The number of aromatic nitrogens is 3. The van der Waals surface area contributed by atoms with Gasteiger partial charge in [-0.2, -0.15) is 9.61 Å². The molecule has 0 N–H and O–H groups in total. The number of hydrogen-bond acceptors (Lipinski definition) is 5. The fourth-order valence-corrected chi connectivity index (χ4v) is 3.99. The summed E-state index contributed by atoms with van der Waals surface area (Å²) in [4.78, 5) is 7.21. The first kappa shape index (κ1) is 18.1. The Labute approximate surface area is 163 Å². The van der Waals surface area contributed by atoms with Crippen LogP contribution >= 0.6 is 11.6 Å². The fraction of sp³-hybridized carbons (Fsp3) is 0.400. The predicted molar refractivity (Wildman–Crippen MR) is 107 cm³/mol. The number of aryl methyl sites for hydroxylation is 1. The Morgan fingerprint density at radius 3 is 2.70 bits per heavy atom. The average molecular weight is 387 g/mol. The lowest BCUT2D eigenvalue weighted by Crippen LogP contribution is -2.26. The van der Waals surface area contributed by atoms with Gasteiger partial charge in [-0.15, -0.1) is 0 Å². The second kappa shape index (κ2) is 7.02. The summed E-state index contributed by atoms with van der Waals surface area (Å²) in [7, 11) is 1.63. The number of halogens is 1. The lowest BCUT2D eigenvalue weighted by molar-refractivity contribution is 0.133. The van der Waals surface area contributed by atoms with Gasteiger partial charge in [0.1, 0.15) is 11.6 Å². The van der Waals surface area contributed by atoms with E-state index in [4.69, 9.17) is 31.2 Å². The molecule has 0 unspecified atom stereocenters. The van der Waals surface area contributed by atoms with Gasteiger partial charge >= 0.3 is 0 Å². The van der Waals surface area contributed by atoms with Gasteiger partial charge in [-0.25, -0.2) is 4.98 Å². The zero-order valence-corrected chi connectivity index (χ0v) is 16.8. The van der Waals surface area contributed by atoms with Crippen LogP contribution in [0.5, 0.6) is 5.75 Å². The minimum absolute atomic E-state index is 0.528. The highest BCUT2D eigenvalue weighted by Gasteiger charge is 2.27. The van der Waals surface area contributed by atoms with Crippen LogP contribution < -0.4 is 9.64 Å². The molecule has 6 nitrogen and oxygen atoms in total. The molecule has 1 aliphatic rings. The number of methoxy groups -OCH3 is 1. The lowest BCUT2D eigenvalue weighted by atomic mass is 10.1. The summed E-state index contributed by atoms with van der Waals surface area (Å²) in [6.45, 7) is 9.17. The molecule has 1 aliphatic heterocycles. The number of fused-ring (bicyclic) bond motifs is 2. The molecule has 0 atom stereocenters. The highest BCUT2D eigenvalue weighted by molar-refractivity contribution is 6.33. The fourth-order valence-electron chi connectivity index (χ4n) is 3.72. The Bertz CT molecular complexity index is 1010. The molecule has 7 heteroatoms. The van der Waals surface area contributed by atoms with Crippen LogP contribution in [0.25, 0.3) is 16.8 Å². The van der Waals surface area contributed by atoms with Crippen molar-refractivity contribution in [2.45, 2.75) is 34.0 Å². The van der Waals surface area contributed by atoms with E-state index in [2.05, 4.69) is 18.7 Å². The molecule has 0 saturated carbocycles. The highest BCUT2D eigenvalue weighted by Crippen LogP contribution is 2.38. The van der Waals surface area contributed by atoms with Crippen molar-refractivity contribution in [3.8, 4) is 16.9 Å². The molecule has 1 aromatic carbocycles. The van der Waals surface area contributed by atoms with Gasteiger partial charge in [0, 0.05) is 24.2 Å². The Balaban J connectivity index is 2.02. The van der Waals surface area contributed by atoms with Gasteiger partial charge in [0.05, 0.1) is 42.3 Å². The van der Waals surface area contributed by atoms with Crippen LogP contribution in [0.15, 0.2) is 18.2 Å². The van der Waals surface area contributed by atoms with Gasteiger partial charge in [0.15, 0.2) is 5.65 Å². The molecule has 142 valence electrons. The summed E-state index contributed by atoms with van der Waals surface area (Å²) in [5, 5.41) is 5.46. The summed E-state index contributed by atoms with van der Waals surface area (Å²) in [6, 6.07) is 5.70. The normalized spacial score (nSPS) is 13.2. The van der Waals surface area contributed by atoms with Crippen molar-refractivity contribution >= 4 is 23.1 Å². The number of rotatable bonds is 5. The van der Waals surface area contributed by atoms with E-state index >= 15 is 0 Å². The smallest absolute Gasteiger partial charge is 0.165 e. The van der Waals surface area contributed by atoms with E-state index in [1.54, 1.807) is 7.11 Å². The maximum absolute atomic E-state index is 6.57. The van der Waals surface area contributed by atoms with Crippen LogP contribution in [-0.4, -0.2) is 34.8 Å². The third-order valence-corrected chi connectivity index (χ3v) is 5.40. The number of nitrogens with zero attached hydrogens (tertiary/aromatic N) is 4. The third-order valence-electron chi connectivity index (χ3n) is 5.09. The predicted octanol–water partition coefficient (Wildman–Crippen LogP) is 4.24. The van der Waals surface area contributed by atoms with Gasteiger partial charge in [-0.05, 0) is 39.0 Å². The van der Waals surface area contributed by atoms with Crippen molar-refractivity contribution in [3.63, 3.8) is 0 Å². The van der Waals surface area contributed by atoms with Crippen LogP contribution in [0.1, 0.15) is 30.8 Å². The monoisotopic (exact) mass is 386 g/mol. The van der Waals surface area contributed by atoms with E-state index in [0.717, 1.165) is 58.4 Å². The summed E-state index contributed by atoms with van der Waals surface area (Å²) in [5.41, 5.74) is 5.67. The first-order chi connectivity index (χ1) is 13.1. The molecule has 4 rings (SSSR count). The van der Waals surface area contributed by atoms with Crippen molar-refractivity contribution in [2.24, 2.45) is 0 Å². The SMILES string of the molecule is CCN(CC)c1c2c(nc3c(-c4ccc(OC)cc4Cl)c(C)nn13)COC2. The minimum atomic E-state index is 0.528. The van der Waals surface area contributed by atoms with Gasteiger partial charge in [0.2, 0.25) is 0 Å². The zero-order chi connectivity index (χ0) is 19.1. The van der Waals surface area contributed by atoms with Gasteiger partial charge < -0.3 is 14.4 Å². The Kier molecular flexibility index (Phi) is 4.70. The molecule has 3 heterocycles. The number of hydrogen-bond donors (Lipinski definition) is 0. The number of anilines is 1. The molecule has 0 amide bonds. The van der Waals surface area contributed by atoms with Crippen LogP contribution in [0, 0.1) is 6.92 Å². The lowest BCUT2D eigenvalue weighted by Gasteiger charge is -2.24. The Morgan fingerprint density at radius 2 is 2.04 bits per heavy atom. The van der Waals surface area contributed by atoms with Crippen LogP contribution in [-0.2, 0) is 18.0 Å². The highest BCUT2D eigenvalue weighted by atomic mass is 35.5. The molecule has 0 spiro atoms. The maximum Gasteiger partial charge on any atom is 0.165 e. The number of benzene rings is 1. The van der Waals surface area contributed by atoms with Gasteiger partial charge in [-0.3, -0.25) is 0 Å². The molecule has 0 saturated heterocycles. The van der Waals surface area contributed by atoms with E-state index < -0.39 is 0 Å². The summed E-state index contributed by atoms with van der Waals surface area (Å²) < 4.78 is 12.9. The standard InChI is InChI=1S/C20H23ClN4O2/c1-5-24(6-2)20-15-10-27-11-17(15)22-19-18(12(3)23-25(19)20)14-8-7-13(26-4)9-16(14)21/h7-9H,5-6,10-11H2,1-4H3. The first-order valence-corrected chi connectivity index (χ1v) is 9.54.